The van der Waals surface area contributed by atoms with E-state index in [1.54, 1.807) is 12.1 Å². The van der Waals surface area contributed by atoms with Gasteiger partial charge in [0.15, 0.2) is 0 Å². The van der Waals surface area contributed by atoms with E-state index in [1.165, 1.54) is 0 Å². The Morgan fingerprint density at radius 3 is 2.75 bits per heavy atom. The molecule has 2 aromatic rings. The summed E-state index contributed by atoms with van der Waals surface area (Å²) in [5.74, 6) is 1.34. The number of hydrogen-bond acceptors (Lipinski definition) is 3. The van der Waals surface area contributed by atoms with Crippen LogP contribution < -0.4 is 10.5 Å². The molecule has 0 aliphatic carbocycles. The predicted octanol–water partition coefficient (Wildman–Crippen LogP) is 3.37. The van der Waals surface area contributed by atoms with Crippen molar-refractivity contribution >= 4 is 28.3 Å². The third-order valence-electron chi connectivity index (χ3n) is 2.12. The molecular formula is C12H11IN2O. The molecule has 3 nitrogen and oxygen atoms in total. The van der Waals surface area contributed by atoms with Crippen molar-refractivity contribution in [2.24, 2.45) is 0 Å². The third kappa shape index (κ3) is 2.63. The van der Waals surface area contributed by atoms with Crippen LogP contribution in [0.25, 0.3) is 0 Å². The number of ether oxygens (including phenoxy) is 1. The number of hydrogen-bond donors (Lipinski definition) is 1. The Bertz CT molecular complexity index is 514. The molecule has 4 heteroatoms. The second kappa shape index (κ2) is 4.69. The van der Waals surface area contributed by atoms with Crippen molar-refractivity contribution in [3.05, 3.63) is 45.7 Å². The van der Waals surface area contributed by atoms with Gasteiger partial charge in [0.25, 0.3) is 0 Å². The van der Waals surface area contributed by atoms with Gasteiger partial charge >= 0.3 is 0 Å². The maximum atomic E-state index is 5.69. The lowest BCUT2D eigenvalue weighted by molar-refractivity contribution is 0.461. The second-order valence-corrected chi connectivity index (χ2v) is 4.63. The summed E-state index contributed by atoms with van der Waals surface area (Å²) in [6.45, 7) is 1.86. The van der Waals surface area contributed by atoms with Crippen LogP contribution in [0.5, 0.6) is 11.6 Å². The number of nitrogens with zero attached hydrogens (tertiary/aromatic N) is 1. The van der Waals surface area contributed by atoms with Crippen molar-refractivity contribution in [3.8, 4) is 11.6 Å². The molecule has 0 saturated carbocycles. The normalized spacial score (nSPS) is 10.1. The molecule has 0 radical (unpaired) electrons. The Balaban J connectivity index is 2.24. The molecule has 0 bridgehead atoms. The second-order valence-electron chi connectivity index (χ2n) is 3.38. The molecule has 0 aliphatic rings. The number of anilines is 1. The van der Waals surface area contributed by atoms with Crippen LogP contribution in [0.4, 0.5) is 5.69 Å². The van der Waals surface area contributed by atoms with Crippen molar-refractivity contribution in [2.45, 2.75) is 6.92 Å². The molecule has 0 unspecified atom stereocenters. The molecule has 0 aliphatic heterocycles. The highest BCUT2D eigenvalue weighted by molar-refractivity contribution is 14.1. The van der Waals surface area contributed by atoms with Crippen molar-refractivity contribution < 1.29 is 4.74 Å². The molecule has 2 N–H and O–H groups in total. The zero-order valence-electron chi connectivity index (χ0n) is 8.77. The first-order valence-corrected chi connectivity index (χ1v) is 5.89. The average Bonchev–Trinajstić information content (AvgIpc) is 2.24. The maximum absolute atomic E-state index is 5.69. The number of aryl methyl sites for hydroxylation is 1. The van der Waals surface area contributed by atoms with Crippen LogP contribution in [0.2, 0.25) is 0 Å². The van der Waals surface area contributed by atoms with Crippen molar-refractivity contribution in [2.75, 3.05) is 5.73 Å². The highest BCUT2D eigenvalue weighted by Crippen LogP contribution is 2.22. The Kier molecular flexibility index (Phi) is 3.28. The van der Waals surface area contributed by atoms with E-state index < -0.39 is 0 Å². The van der Waals surface area contributed by atoms with Gasteiger partial charge in [0, 0.05) is 9.64 Å². The highest BCUT2D eigenvalue weighted by Gasteiger charge is 2.01. The molecule has 0 amide bonds. The number of aromatic nitrogens is 1. The minimum absolute atomic E-state index is 0.564. The summed E-state index contributed by atoms with van der Waals surface area (Å²) < 4.78 is 6.75. The fourth-order valence-electron chi connectivity index (χ4n) is 1.26. The molecule has 0 spiro atoms. The third-order valence-corrected chi connectivity index (χ3v) is 2.79. The standard InChI is InChI=1S/C12H11IN2O/c1-8-11(14)5-6-12(15-8)16-10-4-2-3-9(13)7-10/h2-7H,14H2,1H3. The van der Waals surface area contributed by atoms with Crippen LogP contribution in [0.1, 0.15) is 5.69 Å². The molecule has 0 atom stereocenters. The fourth-order valence-corrected chi connectivity index (χ4v) is 1.77. The summed E-state index contributed by atoms with van der Waals surface area (Å²) in [6.07, 6.45) is 0. The maximum Gasteiger partial charge on any atom is 0.219 e. The van der Waals surface area contributed by atoms with Crippen LogP contribution in [-0.2, 0) is 0 Å². The number of halogens is 1. The number of pyridine rings is 1. The van der Waals surface area contributed by atoms with Gasteiger partial charge in [0.05, 0.1) is 11.4 Å². The summed E-state index contributed by atoms with van der Waals surface area (Å²) in [5.41, 5.74) is 7.14. The highest BCUT2D eigenvalue weighted by atomic mass is 127. The van der Waals surface area contributed by atoms with Crippen molar-refractivity contribution in [3.63, 3.8) is 0 Å². The van der Waals surface area contributed by atoms with Crippen LogP contribution >= 0.6 is 22.6 Å². The summed E-state index contributed by atoms with van der Waals surface area (Å²) in [5, 5.41) is 0. The van der Waals surface area contributed by atoms with Gasteiger partial charge in [0.2, 0.25) is 5.88 Å². The van der Waals surface area contributed by atoms with E-state index in [1.807, 2.05) is 31.2 Å². The summed E-state index contributed by atoms with van der Waals surface area (Å²) >= 11 is 2.24. The van der Waals surface area contributed by atoms with Gasteiger partial charge in [-0.15, -0.1) is 0 Å². The van der Waals surface area contributed by atoms with E-state index in [2.05, 4.69) is 27.6 Å². The Morgan fingerprint density at radius 2 is 2.06 bits per heavy atom. The molecule has 82 valence electrons. The molecule has 1 heterocycles. The Labute approximate surface area is 108 Å². The molecule has 0 saturated heterocycles. The Morgan fingerprint density at radius 1 is 1.25 bits per heavy atom. The van der Waals surface area contributed by atoms with Gasteiger partial charge in [-0.05, 0) is 53.8 Å². The minimum atomic E-state index is 0.564. The first kappa shape index (κ1) is 11.2. The van der Waals surface area contributed by atoms with Crippen LogP contribution in [0.15, 0.2) is 36.4 Å². The zero-order valence-corrected chi connectivity index (χ0v) is 10.9. The summed E-state index contributed by atoms with van der Waals surface area (Å²) in [7, 11) is 0. The van der Waals surface area contributed by atoms with E-state index in [4.69, 9.17) is 10.5 Å². The summed E-state index contributed by atoms with van der Waals surface area (Å²) in [6, 6.07) is 11.4. The van der Waals surface area contributed by atoms with Crippen molar-refractivity contribution in [1.29, 1.82) is 0 Å². The van der Waals surface area contributed by atoms with E-state index in [9.17, 15) is 0 Å². The van der Waals surface area contributed by atoms with Gasteiger partial charge in [-0.25, -0.2) is 4.98 Å². The van der Waals surface area contributed by atoms with Crippen molar-refractivity contribution in [1.82, 2.24) is 4.98 Å². The van der Waals surface area contributed by atoms with E-state index in [-0.39, 0.29) is 0 Å². The Hall–Kier alpha value is -1.30. The first-order valence-electron chi connectivity index (χ1n) is 4.82. The number of nitrogens with two attached hydrogens (primary N) is 1. The SMILES string of the molecule is Cc1nc(Oc2cccc(I)c2)ccc1N. The topological polar surface area (TPSA) is 48.1 Å². The minimum Gasteiger partial charge on any atom is -0.439 e. The predicted molar refractivity (Wildman–Crippen MR) is 72.6 cm³/mol. The van der Waals surface area contributed by atoms with Gasteiger partial charge in [-0.3, -0.25) is 0 Å². The average molecular weight is 326 g/mol. The summed E-state index contributed by atoms with van der Waals surface area (Å²) in [4.78, 5) is 4.25. The van der Waals surface area contributed by atoms with Gasteiger partial charge in [0.1, 0.15) is 5.75 Å². The van der Waals surface area contributed by atoms with Gasteiger partial charge < -0.3 is 10.5 Å². The smallest absolute Gasteiger partial charge is 0.219 e. The fraction of sp³-hybridized carbons (Fsp3) is 0.0833. The number of benzene rings is 1. The van der Waals surface area contributed by atoms with Gasteiger partial charge in [-0.1, -0.05) is 6.07 Å². The molecule has 0 fully saturated rings. The van der Waals surface area contributed by atoms with Crippen LogP contribution in [0, 0.1) is 10.5 Å². The van der Waals surface area contributed by atoms with Crippen LogP contribution in [-0.4, -0.2) is 4.98 Å². The molecular weight excluding hydrogens is 315 g/mol. The van der Waals surface area contributed by atoms with E-state index >= 15 is 0 Å². The van der Waals surface area contributed by atoms with E-state index in [0.717, 1.165) is 15.0 Å². The number of nitrogen functional groups attached to an aromatic ring is 1. The lowest BCUT2D eigenvalue weighted by Crippen LogP contribution is -1.95. The van der Waals surface area contributed by atoms with E-state index in [0.29, 0.717) is 11.6 Å². The number of rotatable bonds is 2. The largest absolute Gasteiger partial charge is 0.439 e. The lowest BCUT2D eigenvalue weighted by atomic mass is 10.3. The lowest BCUT2D eigenvalue weighted by Gasteiger charge is -2.06. The molecule has 1 aromatic carbocycles. The zero-order chi connectivity index (χ0) is 11.5. The molecule has 16 heavy (non-hydrogen) atoms. The first-order chi connectivity index (χ1) is 7.65. The molecule has 1 aromatic heterocycles. The quantitative estimate of drug-likeness (QED) is 0.861. The van der Waals surface area contributed by atoms with Crippen LogP contribution in [0.3, 0.4) is 0 Å². The molecule has 2 rings (SSSR count). The van der Waals surface area contributed by atoms with Gasteiger partial charge in [-0.2, -0.15) is 0 Å². The monoisotopic (exact) mass is 326 g/mol.